The van der Waals surface area contributed by atoms with Crippen molar-refractivity contribution in [2.75, 3.05) is 17.7 Å². The molecule has 0 spiro atoms. The van der Waals surface area contributed by atoms with Crippen LogP contribution in [-0.4, -0.2) is 73.3 Å². The summed E-state index contributed by atoms with van der Waals surface area (Å²) in [4.78, 5) is 25.2. The Morgan fingerprint density at radius 1 is 1.29 bits per heavy atom. The molecule has 5 rings (SSSR count). The Labute approximate surface area is 241 Å². The van der Waals surface area contributed by atoms with E-state index in [4.69, 9.17) is 24.3 Å². The number of aliphatic hydroxyl groups excluding tert-OH is 1. The summed E-state index contributed by atoms with van der Waals surface area (Å²) in [5, 5.41) is 16.7. The van der Waals surface area contributed by atoms with E-state index in [0.717, 1.165) is 12.8 Å². The molecule has 1 aliphatic heterocycles. The largest absolute Gasteiger partial charge is 0.462 e. The lowest BCUT2D eigenvalue weighted by molar-refractivity contribution is -0.149. The minimum absolute atomic E-state index is 0.0402. The van der Waals surface area contributed by atoms with Crippen LogP contribution in [0.3, 0.4) is 0 Å². The average molecular weight is 608 g/mol. The van der Waals surface area contributed by atoms with Gasteiger partial charge in [-0.25, -0.2) is 13.9 Å². The zero-order valence-electron chi connectivity index (χ0n) is 23.6. The Morgan fingerprint density at radius 2 is 2.00 bits per heavy atom. The van der Waals surface area contributed by atoms with Crippen LogP contribution in [0.4, 0.5) is 16.2 Å². The van der Waals surface area contributed by atoms with Crippen LogP contribution in [0.1, 0.15) is 46.8 Å². The number of carbonyl (C=O) groups excluding carboxylic acids is 1. The molecular formula is C26H35FN7O7P. The van der Waals surface area contributed by atoms with Crippen molar-refractivity contribution in [3.63, 3.8) is 0 Å². The van der Waals surface area contributed by atoms with E-state index in [1.165, 1.54) is 24.7 Å². The number of esters is 1. The number of halogens is 1. The summed E-state index contributed by atoms with van der Waals surface area (Å²) in [5.41, 5.74) is 4.16. The molecule has 1 aromatic carbocycles. The fraction of sp³-hybridized carbons (Fsp3) is 0.538. The number of nitrogens with two attached hydrogens (primary N) is 1. The van der Waals surface area contributed by atoms with Gasteiger partial charge in [0.25, 0.3) is 0 Å². The van der Waals surface area contributed by atoms with Gasteiger partial charge >= 0.3 is 13.7 Å². The van der Waals surface area contributed by atoms with Gasteiger partial charge in [-0.3, -0.25) is 13.9 Å². The molecule has 2 aliphatic rings. The summed E-state index contributed by atoms with van der Waals surface area (Å²) < 4.78 is 53.6. The normalized spacial score (nSPS) is 26.2. The lowest BCUT2D eigenvalue weighted by Crippen LogP contribution is -2.41. The molecule has 1 saturated heterocycles. The molecule has 228 valence electrons. The number of nitrogens with one attached hydrogen (secondary N) is 2. The predicted molar refractivity (Wildman–Crippen MR) is 150 cm³/mol. The van der Waals surface area contributed by atoms with Crippen LogP contribution in [0.5, 0.6) is 5.75 Å². The second-order valence-electron chi connectivity index (χ2n) is 10.8. The highest BCUT2D eigenvalue weighted by molar-refractivity contribution is 7.52. The first-order valence-electron chi connectivity index (χ1n) is 13.6. The van der Waals surface area contributed by atoms with Crippen molar-refractivity contribution in [2.45, 2.75) is 82.8 Å². The van der Waals surface area contributed by atoms with Gasteiger partial charge in [0.2, 0.25) is 5.95 Å². The number of aliphatic hydroxyl groups is 1. The van der Waals surface area contributed by atoms with Crippen molar-refractivity contribution in [2.24, 2.45) is 0 Å². The lowest BCUT2D eigenvalue weighted by Gasteiger charge is -2.25. The topological polar surface area (TPSA) is 185 Å². The van der Waals surface area contributed by atoms with Crippen LogP contribution in [0.25, 0.3) is 11.2 Å². The molecular weight excluding hydrogens is 572 g/mol. The number of para-hydroxylation sites is 1. The Bertz CT molecular complexity index is 1470. The minimum atomic E-state index is -4.28. The molecule has 2 fully saturated rings. The number of hydrogen-bond acceptors (Lipinski definition) is 12. The van der Waals surface area contributed by atoms with Crippen molar-refractivity contribution < 1.29 is 37.4 Å². The maximum atomic E-state index is 16.1. The summed E-state index contributed by atoms with van der Waals surface area (Å²) in [6.45, 7) is 5.41. The number of anilines is 2. The molecule has 2 aromatic heterocycles. The molecule has 3 heterocycles. The number of rotatable bonds is 12. The van der Waals surface area contributed by atoms with Crippen LogP contribution in [0.2, 0.25) is 0 Å². The van der Waals surface area contributed by atoms with E-state index < -0.39 is 56.6 Å². The summed E-state index contributed by atoms with van der Waals surface area (Å²) in [7, 11) is -4.28. The van der Waals surface area contributed by atoms with E-state index in [-0.39, 0.29) is 23.4 Å². The molecule has 5 N–H and O–H groups in total. The third kappa shape index (κ3) is 6.50. The number of alkyl halides is 1. The van der Waals surface area contributed by atoms with E-state index in [1.807, 2.05) is 0 Å². The second-order valence-corrected chi connectivity index (χ2v) is 12.5. The molecule has 0 unspecified atom stereocenters. The number of carbonyl (C=O) groups is 1. The van der Waals surface area contributed by atoms with Gasteiger partial charge in [0.1, 0.15) is 24.0 Å². The number of fused-ring (bicyclic) bond motifs is 1. The highest BCUT2D eigenvalue weighted by Crippen LogP contribution is 2.48. The molecule has 6 atom stereocenters. The number of nitrogen functional groups attached to an aromatic ring is 1. The van der Waals surface area contributed by atoms with E-state index in [0.29, 0.717) is 11.3 Å². The SMILES string of the molecule is CC(C)OC(=O)[C@H](C)N[P@](=O)(OC[C@H]1O[C@@H](n2cnc3c(NC4CC4)nc(N)nc32)[C@](C)(F)[C@@H]1O)Oc1ccccc1. The summed E-state index contributed by atoms with van der Waals surface area (Å²) in [5.74, 6) is -0.103. The van der Waals surface area contributed by atoms with Crippen LogP contribution in [-0.2, 0) is 23.4 Å². The van der Waals surface area contributed by atoms with Gasteiger partial charge in [0, 0.05) is 6.04 Å². The van der Waals surface area contributed by atoms with Gasteiger partial charge in [-0.05, 0) is 52.7 Å². The van der Waals surface area contributed by atoms with Crippen LogP contribution >= 0.6 is 7.75 Å². The van der Waals surface area contributed by atoms with Gasteiger partial charge < -0.3 is 30.2 Å². The van der Waals surface area contributed by atoms with Gasteiger partial charge in [0.05, 0.1) is 19.0 Å². The Morgan fingerprint density at radius 3 is 2.67 bits per heavy atom. The fourth-order valence-electron chi connectivity index (χ4n) is 4.48. The fourth-order valence-corrected chi connectivity index (χ4v) is 5.99. The molecule has 0 amide bonds. The first-order valence-corrected chi connectivity index (χ1v) is 15.2. The summed E-state index contributed by atoms with van der Waals surface area (Å²) in [6, 6.07) is 7.33. The maximum Gasteiger partial charge on any atom is 0.459 e. The molecule has 3 aromatic rings. The van der Waals surface area contributed by atoms with Crippen molar-refractivity contribution in [1.29, 1.82) is 0 Å². The number of aromatic nitrogens is 4. The van der Waals surface area contributed by atoms with E-state index in [2.05, 4.69) is 25.4 Å². The Kier molecular flexibility index (Phi) is 8.41. The van der Waals surface area contributed by atoms with Gasteiger partial charge in [-0.2, -0.15) is 15.1 Å². The van der Waals surface area contributed by atoms with Crippen molar-refractivity contribution in [1.82, 2.24) is 24.6 Å². The molecule has 1 aliphatic carbocycles. The van der Waals surface area contributed by atoms with Crippen LogP contribution in [0.15, 0.2) is 36.7 Å². The van der Waals surface area contributed by atoms with Gasteiger partial charge in [-0.1, -0.05) is 18.2 Å². The van der Waals surface area contributed by atoms with E-state index in [1.54, 1.807) is 44.2 Å². The predicted octanol–water partition coefficient (Wildman–Crippen LogP) is 3.10. The standard InChI is InChI=1S/C26H35FN7O7P/c1-14(2)39-23(36)15(3)33-42(37,41-17-8-6-5-7-9-17)38-12-18-20(35)26(4,27)24(40-18)34-13-29-19-21(30-16-10-11-16)31-25(28)32-22(19)34/h5-9,13-16,18,20,24,35H,10-12H2,1-4H3,(H,33,37)(H3,28,30,31,32)/t15-,18+,20+,24+,26+,42-/m0/s1. The number of hydrogen-bond donors (Lipinski definition) is 4. The summed E-state index contributed by atoms with van der Waals surface area (Å²) in [6.07, 6.45) is -1.50. The number of imidazole rings is 1. The highest BCUT2D eigenvalue weighted by atomic mass is 31.2. The molecule has 42 heavy (non-hydrogen) atoms. The van der Waals surface area contributed by atoms with Gasteiger partial charge in [-0.15, -0.1) is 0 Å². The van der Waals surface area contributed by atoms with Crippen molar-refractivity contribution >= 4 is 36.6 Å². The second kappa shape index (κ2) is 11.7. The molecule has 0 radical (unpaired) electrons. The maximum absolute atomic E-state index is 16.1. The summed E-state index contributed by atoms with van der Waals surface area (Å²) >= 11 is 0. The molecule has 16 heteroatoms. The monoisotopic (exact) mass is 607 g/mol. The van der Waals surface area contributed by atoms with Crippen molar-refractivity contribution in [3.05, 3.63) is 36.7 Å². The zero-order chi connectivity index (χ0) is 30.2. The minimum Gasteiger partial charge on any atom is -0.462 e. The smallest absolute Gasteiger partial charge is 0.459 e. The van der Waals surface area contributed by atoms with E-state index in [9.17, 15) is 14.5 Å². The number of nitrogens with zero attached hydrogens (tertiary/aromatic N) is 4. The van der Waals surface area contributed by atoms with Crippen molar-refractivity contribution in [3.8, 4) is 5.75 Å². The highest BCUT2D eigenvalue weighted by Gasteiger charge is 2.56. The lowest BCUT2D eigenvalue weighted by atomic mass is 9.98. The Balaban J connectivity index is 1.36. The first-order chi connectivity index (χ1) is 19.9. The van der Waals surface area contributed by atoms with E-state index >= 15 is 4.39 Å². The molecule has 0 bridgehead atoms. The zero-order valence-corrected chi connectivity index (χ0v) is 24.5. The van der Waals surface area contributed by atoms with Crippen LogP contribution in [0, 0.1) is 0 Å². The third-order valence-corrected chi connectivity index (χ3v) is 8.41. The molecule has 1 saturated carbocycles. The molecule has 14 nitrogen and oxygen atoms in total. The quantitative estimate of drug-likeness (QED) is 0.174. The van der Waals surface area contributed by atoms with Gasteiger partial charge in [0.15, 0.2) is 28.9 Å². The first kappa shape index (κ1) is 30.1. The third-order valence-electron chi connectivity index (χ3n) is 6.76. The number of benzene rings is 1. The van der Waals surface area contributed by atoms with Crippen LogP contribution < -0.4 is 20.7 Å². The number of ether oxygens (including phenoxy) is 2. The Hall–Kier alpha value is -3.36. The average Bonchev–Trinajstić information content (AvgIpc) is 3.59.